The number of nitrogens with one attached hydrogen (secondary N) is 3. The molecule has 49 heavy (non-hydrogen) atoms. The van der Waals surface area contributed by atoms with Gasteiger partial charge < -0.3 is 15.0 Å². The van der Waals surface area contributed by atoms with E-state index in [4.69, 9.17) is 4.74 Å². The van der Waals surface area contributed by atoms with E-state index in [9.17, 15) is 27.6 Å². The van der Waals surface area contributed by atoms with Crippen LogP contribution in [0.1, 0.15) is 69.4 Å². The third kappa shape index (κ3) is 7.22. The first-order valence-corrected chi connectivity index (χ1v) is 18.5. The molecule has 0 unspecified atom stereocenters. The zero-order valence-corrected chi connectivity index (χ0v) is 29.3. The van der Waals surface area contributed by atoms with E-state index in [2.05, 4.69) is 20.3 Å². The zero-order valence-electron chi connectivity index (χ0n) is 28.5. The van der Waals surface area contributed by atoms with Gasteiger partial charge in [-0.25, -0.2) is 13.2 Å². The van der Waals surface area contributed by atoms with Crippen molar-refractivity contribution in [2.75, 3.05) is 18.9 Å². The van der Waals surface area contributed by atoms with Crippen molar-refractivity contribution in [3.63, 3.8) is 0 Å². The molecule has 0 radical (unpaired) electrons. The maximum absolute atomic E-state index is 14.0. The molecule has 1 aromatic carbocycles. The lowest BCUT2D eigenvalue weighted by Gasteiger charge is -2.27. The lowest BCUT2D eigenvalue weighted by Crippen LogP contribution is -2.55. The van der Waals surface area contributed by atoms with E-state index < -0.39 is 56.2 Å². The second-order valence-corrected chi connectivity index (χ2v) is 16.6. The summed E-state index contributed by atoms with van der Waals surface area (Å²) in [6.07, 6.45) is 7.75. The number of ether oxygens (including phenoxy) is 1. The van der Waals surface area contributed by atoms with Crippen molar-refractivity contribution in [1.29, 1.82) is 0 Å². The molecule has 12 nitrogen and oxygen atoms in total. The van der Waals surface area contributed by atoms with Gasteiger partial charge in [0.1, 0.15) is 11.6 Å². The first-order chi connectivity index (χ1) is 23.2. The Morgan fingerprint density at radius 3 is 2.49 bits per heavy atom. The number of amides is 4. The van der Waals surface area contributed by atoms with E-state index in [1.54, 1.807) is 25.1 Å². The molecule has 3 saturated carbocycles. The van der Waals surface area contributed by atoms with Crippen LogP contribution in [0, 0.1) is 31.6 Å². The Balaban J connectivity index is 1.21. The molecular formula is C36H45N5O7S. The number of rotatable bonds is 6. The average Bonchev–Trinajstić information content (AvgIpc) is 3.93. The Kier molecular flexibility index (Phi) is 9.33. The van der Waals surface area contributed by atoms with E-state index in [1.807, 2.05) is 56.3 Å². The van der Waals surface area contributed by atoms with Crippen LogP contribution in [0.3, 0.4) is 0 Å². The number of carbonyl (C=O) groups excluding carboxylic acids is 4. The highest BCUT2D eigenvalue weighted by Crippen LogP contribution is 2.48. The van der Waals surface area contributed by atoms with Crippen molar-refractivity contribution in [3.8, 4) is 11.3 Å². The standard InChI is InChI=1S/C36H45N5O7S/c1-22-10-12-26(29-13-11-23(2)21-37-29)30(17-22)38-34(45)48-25-18-27-28(19-25)32(43)41(4)16-8-6-5-7-9-24-20-36(24,39-31(27)42)33(44)40-49(46,47)35(3)14-15-35/h7,9-13,17,21,24-25,27-28H,5-6,8,14-16,18-20H2,1-4H3,(H,38,45)(H,39,42)(H,40,44)/b9-7-/t24-,25-,27-,28-,36-/m1/s1. The second-order valence-electron chi connectivity index (χ2n) is 14.4. The van der Waals surface area contributed by atoms with E-state index in [0.29, 0.717) is 36.3 Å². The van der Waals surface area contributed by atoms with Crippen LogP contribution in [0.2, 0.25) is 0 Å². The van der Waals surface area contributed by atoms with E-state index in [1.165, 1.54) is 0 Å². The molecule has 0 saturated heterocycles. The normalized spacial score (nSPS) is 28.6. The number of fused-ring (bicyclic) bond motifs is 2. The van der Waals surface area contributed by atoms with Crippen LogP contribution in [-0.4, -0.2) is 72.1 Å². The van der Waals surface area contributed by atoms with Crippen molar-refractivity contribution in [1.82, 2.24) is 19.9 Å². The molecule has 3 N–H and O–H groups in total. The number of aryl methyl sites for hydroxylation is 2. The van der Waals surface area contributed by atoms with Crippen molar-refractivity contribution in [3.05, 3.63) is 59.8 Å². The number of hydrogen-bond acceptors (Lipinski definition) is 8. The third-order valence-corrected chi connectivity index (χ3v) is 12.7. The van der Waals surface area contributed by atoms with Crippen LogP contribution in [0.5, 0.6) is 0 Å². The maximum Gasteiger partial charge on any atom is 0.411 e. The number of sulfonamides is 1. The first-order valence-electron chi connectivity index (χ1n) is 17.0. The predicted molar refractivity (Wildman–Crippen MR) is 184 cm³/mol. The van der Waals surface area contributed by atoms with Crippen LogP contribution in [0.25, 0.3) is 11.3 Å². The van der Waals surface area contributed by atoms with Crippen molar-refractivity contribution in [2.45, 2.75) is 88.5 Å². The van der Waals surface area contributed by atoms with Gasteiger partial charge in [-0.15, -0.1) is 0 Å². The summed E-state index contributed by atoms with van der Waals surface area (Å²) in [5.41, 5.74) is 2.39. The van der Waals surface area contributed by atoms with Crippen LogP contribution in [-0.2, 0) is 29.1 Å². The highest BCUT2D eigenvalue weighted by Gasteiger charge is 2.63. The monoisotopic (exact) mass is 691 g/mol. The Hall–Kier alpha value is -4.26. The number of aromatic nitrogens is 1. The van der Waals surface area contributed by atoms with Gasteiger partial charge in [-0.1, -0.05) is 30.4 Å². The van der Waals surface area contributed by atoms with E-state index in [-0.39, 0.29) is 31.1 Å². The molecule has 5 atom stereocenters. The van der Waals surface area contributed by atoms with Crippen LogP contribution in [0.4, 0.5) is 10.5 Å². The Morgan fingerprint density at radius 2 is 1.78 bits per heavy atom. The maximum atomic E-state index is 14.0. The molecule has 6 rings (SSSR count). The third-order valence-electron chi connectivity index (χ3n) is 10.5. The number of anilines is 1. The molecular weight excluding hydrogens is 646 g/mol. The smallest absolute Gasteiger partial charge is 0.411 e. The van der Waals surface area contributed by atoms with Gasteiger partial charge in [0.05, 0.1) is 28.0 Å². The van der Waals surface area contributed by atoms with Gasteiger partial charge in [0.25, 0.3) is 5.91 Å². The summed E-state index contributed by atoms with van der Waals surface area (Å²) in [5.74, 6) is -3.61. The lowest BCUT2D eigenvalue weighted by molar-refractivity contribution is -0.140. The molecule has 0 spiro atoms. The van der Waals surface area contributed by atoms with Crippen molar-refractivity contribution >= 4 is 39.5 Å². The number of carbonyl (C=O) groups is 4. The van der Waals surface area contributed by atoms with Crippen LogP contribution < -0.4 is 15.4 Å². The van der Waals surface area contributed by atoms with Gasteiger partial charge in [0.2, 0.25) is 21.8 Å². The molecule has 2 heterocycles. The molecule has 13 heteroatoms. The molecule has 3 fully saturated rings. The van der Waals surface area contributed by atoms with Gasteiger partial charge in [-0.3, -0.25) is 29.4 Å². The number of pyridine rings is 1. The largest absolute Gasteiger partial charge is 0.446 e. The highest BCUT2D eigenvalue weighted by molar-refractivity contribution is 7.91. The summed E-state index contributed by atoms with van der Waals surface area (Å²) >= 11 is 0. The molecule has 1 aromatic heterocycles. The fourth-order valence-corrected chi connectivity index (χ4v) is 8.21. The van der Waals surface area contributed by atoms with Gasteiger partial charge in [0.15, 0.2) is 0 Å². The fraction of sp³-hybridized carbons (Fsp3) is 0.528. The summed E-state index contributed by atoms with van der Waals surface area (Å²) in [5, 5.41) is 5.71. The predicted octanol–water partition coefficient (Wildman–Crippen LogP) is 4.38. The molecule has 4 amide bonds. The van der Waals surface area contributed by atoms with E-state index in [0.717, 1.165) is 30.4 Å². The number of allylic oxidation sites excluding steroid dienone is 1. The average molecular weight is 692 g/mol. The Labute approximate surface area is 287 Å². The second kappa shape index (κ2) is 13.2. The van der Waals surface area contributed by atoms with Gasteiger partial charge >= 0.3 is 6.09 Å². The summed E-state index contributed by atoms with van der Waals surface area (Å²) in [7, 11) is -2.23. The Morgan fingerprint density at radius 1 is 1.04 bits per heavy atom. The summed E-state index contributed by atoms with van der Waals surface area (Å²) in [6, 6.07) is 9.44. The molecule has 262 valence electrons. The topological polar surface area (TPSA) is 164 Å². The molecule has 1 aliphatic heterocycles. The molecule has 4 aliphatic rings. The minimum atomic E-state index is -3.94. The van der Waals surface area contributed by atoms with Gasteiger partial charge in [0, 0.05) is 31.3 Å². The zero-order chi connectivity index (χ0) is 35.1. The summed E-state index contributed by atoms with van der Waals surface area (Å²) in [4.78, 5) is 60.8. The van der Waals surface area contributed by atoms with Crippen molar-refractivity contribution < 1.29 is 32.3 Å². The number of hydrogen-bond donors (Lipinski definition) is 3. The van der Waals surface area contributed by atoms with Gasteiger partial charge in [-0.2, -0.15) is 0 Å². The molecule has 0 bridgehead atoms. The lowest BCUT2D eigenvalue weighted by atomic mass is 9.93. The highest BCUT2D eigenvalue weighted by atomic mass is 32.2. The summed E-state index contributed by atoms with van der Waals surface area (Å²) < 4.78 is 33.0. The minimum absolute atomic E-state index is 0.0677. The minimum Gasteiger partial charge on any atom is -0.446 e. The number of benzene rings is 1. The molecule has 3 aliphatic carbocycles. The fourth-order valence-electron chi connectivity index (χ4n) is 6.89. The van der Waals surface area contributed by atoms with E-state index >= 15 is 0 Å². The van der Waals surface area contributed by atoms with Crippen LogP contribution in [0.15, 0.2) is 48.7 Å². The van der Waals surface area contributed by atoms with Crippen LogP contribution >= 0.6 is 0 Å². The SMILES string of the molecule is Cc1ccc(-c2ccc(C)cc2NC(=O)O[C@@H]2C[C@H]3C(=O)N[C@]4(C(=O)NS(=O)(=O)C5(C)CC5)C[C@H]4/C=C\CCCCN(C)C(=O)[C@@H]3C2)nc1. The number of nitrogens with zero attached hydrogens (tertiary/aromatic N) is 2. The van der Waals surface area contributed by atoms with Crippen molar-refractivity contribution in [2.24, 2.45) is 17.8 Å². The first kappa shape index (κ1) is 34.6. The molecule has 2 aromatic rings. The Bertz CT molecular complexity index is 1790. The van der Waals surface area contributed by atoms with Gasteiger partial charge in [-0.05, 0) is 95.4 Å². The quantitative estimate of drug-likeness (QED) is 0.376. The summed E-state index contributed by atoms with van der Waals surface area (Å²) in [6.45, 7) is 5.96.